The Morgan fingerprint density at radius 2 is 0.781 bits per heavy atom. The third-order valence-electron chi connectivity index (χ3n) is 4.91. The summed E-state index contributed by atoms with van der Waals surface area (Å²) in [6.07, 6.45) is 0. The van der Waals surface area contributed by atoms with Crippen LogP contribution in [0.25, 0.3) is 11.1 Å². The van der Waals surface area contributed by atoms with Gasteiger partial charge in [-0.1, -0.05) is 59.7 Å². The molecule has 0 aliphatic carbocycles. The molecule has 0 aliphatic rings. The van der Waals surface area contributed by atoms with Crippen LogP contribution in [0.5, 0.6) is 11.5 Å². The first-order valence-corrected chi connectivity index (χ1v) is 10.1. The maximum atomic E-state index is 12.2. The van der Waals surface area contributed by atoms with Crippen molar-refractivity contribution in [3.63, 3.8) is 0 Å². The van der Waals surface area contributed by atoms with Crippen molar-refractivity contribution in [2.45, 2.75) is 13.8 Å². The zero-order valence-electron chi connectivity index (χ0n) is 17.8. The SMILES string of the molecule is Cc1ccc(N([O-])Oc2ccc(-c3ccc(ON([O-])c4ccc(C)cc4)cc3)cc2)cc1. The van der Waals surface area contributed by atoms with Gasteiger partial charge < -0.3 is 20.1 Å². The molecular weight excluding hydrogens is 404 g/mol. The fourth-order valence-electron chi connectivity index (χ4n) is 3.05. The van der Waals surface area contributed by atoms with E-state index in [0.717, 1.165) is 22.3 Å². The monoisotopic (exact) mass is 426 g/mol. The fourth-order valence-corrected chi connectivity index (χ4v) is 3.05. The van der Waals surface area contributed by atoms with E-state index in [4.69, 9.17) is 9.68 Å². The molecule has 32 heavy (non-hydrogen) atoms. The molecule has 0 bridgehead atoms. The van der Waals surface area contributed by atoms with Gasteiger partial charge in [-0.2, -0.15) is 0 Å². The van der Waals surface area contributed by atoms with E-state index < -0.39 is 0 Å². The van der Waals surface area contributed by atoms with Gasteiger partial charge in [0.15, 0.2) is 11.5 Å². The maximum absolute atomic E-state index is 12.2. The molecule has 0 fully saturated rings. The van der Waals surface area contributed by atoms with Crippen molar-refractivity contribution in [1.29, 1.82) is 0 Å². The average molecular weight is 426 g/mol. The number of hydrogen-bond donors (Lipinski definition) is 0. The Balaban J connectivity index is 1.38. The summed E-state index contributed by atoms with van der Waals surface area (Å²) in [6.45, 7) is 3.91. The fraction of sp³-hybridized carbons (Fsp3) is 0.0769. The molecule has 0 aliphatic heterocycles. The first kappa shape index (κ1) is 21.2. The average Bonchev–Trinajstić information content (AvgIpc) is 2.81. The Labute approximate surface area is 186 Å². The van der Waals surface area contributed by atoms with Gasteiger partial charge in [-0.25, -0.2) is 0 Å². The van der Waals surface area contributed by atoms with Gasteiger partial charge in [-0.3, -0.25) is 10.5 Å². The van der Waals surface area contributed by atoms with E-state index in [1.54, 1.807) is 48.5 Å². The quantitative estimate of drug-likeness (QED) is 0.311. The Morgan fingerprint density at radius 3 is 1.09 bits per heavy atom. The standard InChI is InChI=1S/C26H22N2O4/c1-19-3-11-23(12-4-19)27(29)31-25-15-7-21(8-16-25)22-9-17-26(18-10-22)32-28(30)24-13-5-20(2)6-14-24/h3-18H,1-2H3/q-2. The van der Waals surface area contributed by atoms with Crippen LogP contribution in [0, 0.1) is 24.3 Å². The molecule has 162 valence electrons. The van der Waals surface area contributed by atoms with Gasteiger partial charge >= 0.3 is 0 Å². The number of benzene rings is 4. The summed E-state index contributed by atoms with van der Waals surface area (Å²) in [5.74, 6) is 0.869. The molecule has 6 nitrogen and oxygen atoms in total. The molecular formula is C26H22N2O4-2. The second-order valence-corrected chi connectivity index (χ2v) is 7.42. The van der Waals surface area contributed by atoms with Crippen LogP contribution in [0.4, 0.5) is 11.4 Å². The largest absolute Gasteiger partial charge is 0.724 e. The van der Waals surface area contributed by atoms with Crippen LogP contribution >= 0.6 is 0 Å². The zero-order chi connectivity index (χ0) is 22.5. The van der Waals surface area contributed by atoms with Crippen molar-refractivity contribution in [2.75, 3.05) is 10.5 Å². The van der Waals surface area contributed by atoms with Crippen molar-refractivity contribution in [3.8, 4) is 22.6 Å². The predicted octanol–water partition coefficient (Wildman–Crippen LogP) is 6.57. The van der Waals surface area contributed by atoms with Gasteiger partial charge in [0.1, 0.15) is 0 Å². The van der Waals surface area contributed by atoms with Gasteiger partial charge in [0.25, 0.3) is 0 Å². The minimum absolute atomic E-state index is 0.424. The minimum Gasteiger partial charge on any atom is -0.724 e. The molecule has 0 radical (unpaired) electrons. The molecule has 0 saturated heterocycles. The van der Waals surface area contributed by atoms with Crippen LogP contribution in [-0.4, -0.2) is 0 Å². The Morgan fingerprint density at radius 1 is 0.469 bits per heavy atom. The molecule has 0 heterocycles. The summed E-state index contributed by atoms with van der Waals surface area (Å²) in [5, 5.41) is 25.3. The second-order valence-electron chi connectivity index (χ2n) is 7.42. The van der Waals surface area contributed by atoms with Gasteiger partial charge in [0, 0.05) is 0 Å². The summed E-state index contributed by atoms with van der Waals surface area (Å²) >= 11 is 0. The molecule has 0 atom stereocenters. The lowest BCUT2D eigenvalue weighted by Crippen LogP contribution is -2.19. The Kier molecular flexibility index (Phi) is 6.26. The lowest BCUT2D eigenvalue weighted by Gasteiger charge is -2.29. The van der Waals surface area contributed by atoms with Crippen LogP contribution in [-0.2, 0) is 0 Å². The van der Waals surface area contributed by atoms with Gasteiger partial charge in [0.2, 0.25) is 0 Å². The first-order valence-electron chi connectivity index (χ1n) is 10.1. The third-order valence-corrected chi connectivity index (χ3v) is 4.91. The van der Waals surface area contributed by atoms with E-state index in [1.165, 1.54) is 0 Å². The number of nitrogens with zero attached hydrogens (tertiary/aromatic N) is 2. The normalized spacial score (nSPS) is 10.5. The maximum Gasteiger partial charge on any atom is 0.154 e. The Bertz CT molecular complexity index is 1050. The molecule has 4 rings (SSSR count). The zero-order valence-corrected chi connectivity index (χ0v) is 17.8. The van der Waals surface area contributed by atoms with Crippen LogP contribution in [0.1, 0.15) is 11.1 Å². The van der Waals surface area contributed by atoms with Crippen LogP contribution < -0.4 is 20.1 Å². The summed E-state index contributed by atoms with van der Waals surface area (Å²) in [7, 11) is 0. The number of anilines is 2. The van der Waals surface area contributed by atoms with Crippen molar-refractivity contribution in [1.82, 2.24) is 0 Å². The highest BCUT2D eigenvalue weighted by Crippen LogP contribution is 2.27. The summed E-state index contributed by atoms with van der Waals surface area (Å²) in [6, 6.07) is 28.6. The van der Waals surface area contributed by atoms with E-state index in [1.807, 2.05) is 62.4 Å². The minimum atomic E-state index is 0.424. The molecule has 0 unspecified atom stereocenters. The van der Waals surface area contributed by atoms with E-state index in [-0.39, 0.29) is 0 Å². The predicted molar refractivity (Wildman–Crippen MR) is 127 cm³/mol. The summed E-state index contributed by atoms with van der Waals surface area (Å²) < 4.78 is 0. The molecule has 0 saturated carbocycles. The Hall–Kier alpha value is -4.00. The molecule has 0 spiro atoms. The topological polar surface area (TPSA) is 71.1 Å². The highest BCUT2D eigenvalue weighted by Gasteiger charge is 2.04. The smallest absolute Gasteiger partial charge is 0.154 e. The molecule has 0 amide bonds. The molecule has 0 aromatic heterocycles. The lowest BCUT2D eigenvalue weighted by atomic mass is 10.1. The van der Waals surface area contributed by atoms with Crippen molar-refractivity contribution in [3.05, 3.63) is 119 Å². The van der Waals surface area contributed by atoms with E-state index in [0.29, 0.717) is 33.3 Å². The highest BCUT2D eigenvalue weighted by atomic mass is 16.9. The third kappa shape index (κ3) is 5.18. The number of aryl methyl sites for hydroxylation is 2. The molecule has 4 aromatic carbocycles. The van der Waals surface area contributed by atoms with Crippen molar-refractivity contribution in [2.24, 2.45) is 0 Å². The van der Waals surface area contributed by atoms with E-state index in [2.05, 4.69) is 0 Å². The van der Waals surface area contributed by atoms with Crippen LogP contribution in [0.15, 0.2) is 97.1 Å². The summed E-state index contributed by atoms with van der Waals surface area (Å²) in [5.41, 5.74) is 4.87. The summed E-state index contributed by atoms with van der Waals surface area (Å²) in [4.78, 5) is 10.7. The van der Waals surface area contributed by atoms with Crippen LogP contribution in [0.2, 0.25) is 0 Å². The lowest BCUT2D eigenvalue weighted by molar-refractivity contribution is 0.319. The second kappa shape index (κ2) is 9.43. The number of rotatable bonds is 7. The van der Waals surface area contributed by atoms with E-state index in [9.17, 15) is 10.4 Å². The van der Waals surface area contributed by atoms with Gasteiger partial charge in [-0.15, -0.1) is 0 Å². The number of hydrogen-bond acceptors (Lipinski definition) is 6. The van der Waals surface area contributed by atoms with E-state index >= 15 is 0 Å². The molecule has 6 heteroatoms. The van der Waals surface area contributed by atoms with Crippen LogP contribution in [0.3, 0.4) is 0 Å². The first-order chi connectivity index (χ1) is 15.5. The molecule has 0 N–H and O–H groups in total. The van der Waals surface area contributed by atoms with Crippen molar-refractivity contribution < 1.29 is 9.68 Å². The highest BCUT2D eigenvalue weighted by molar-refractivity contribution is 5.65. The van der Waals surface area contributed by atoms with Crippen molar-refractivity contribution >= 4 is 11.4 Å². The molecule has 4 aromatic rings. The van der Waals surface area contributed by atoms with Gasteiger partial charge in [0.05, 0.1) is 11.4 Å². The van der Waals surface area contributed by atoms with Gasteiger partial charge in [-0.05, 0) is 73.5 Å².